The minimum absolute atomic E-state index is 0.276. The van der Waals surface area contributed by atoms with Crippen LogP contribution < -0.4 is 5.32 Å². The third kappa shape index (κ3) is 3.30. The van der Waals surface area contributed by atoms with Gasteiger partial charge < -0.3 is 15.3 Å². The van der Waals surface area contributed by atoms with Crippen LogP contribution in [0.25, 0.3) is 0 Å². The van der Waals surface area contributed by atoms with E-state index < -0.39 is 23.7 Å². The minimum atomic E-state index is -5.07. The van der Waals surface area contributed by atoms with Gasteiger partial charge in [0.2, 0.25) is 5.54 Å². The van der Waals surface area contributed by atoms with Crippen molar-refractivity contribution in [3.8, 4) is 0 Å². The van der Waals surface area contributed by atoms with Crippen molar-refractivity contribution in [1.82, 2.24) is 10.2 Å². The van der Waals surface area contributed by atoms with Crippen molar-refractivity contribution in [3.63, 3.8) is 0 Å². The van der Waals surface area contributed by atoms with Crippen molar-refractivity contribution in [2.75, 3.05) is 13.6 Å². The predicted octanol–water partition coefficient (Wildman–Crippen LogP) is 1.69. The van der Waals surface area contributed by atoms with E-state index in [1.165, 1.54) is 7.05 Å². The van der Waals surface area contributed by atoms with Crippen LogP contribution in [-0.4, -0.2) is 47.3 Å². The van der Waals surface area contributed by atoms with Gasteiger partial charge in [-0.1, -0.05) is 6.92 Å². The lowest BCUT2D eigenvalue weighted by molar-refractivity contribution is -0.203. The number of carboxylic acids is 1. The number of rotatable bonds is 4. The highest BCUT2D eigenvalue weighted by molar-refractivity contribution is 5.86. The van der Waals surface area contributed by atoms with Crippen molar-refractivity contribution in [1.29, 1.82) is 0 Å². The zero-order valence-corrected chi connectivity index (χ0v) is 10.9. The van der Waals surface area contributed by atoms with Crippen molar-refractivity contribution in [3.05, 3.63) is 0 Å². The van der Waals surface area contributed by atoms with Crippen LogP contribution >= 0.6 is 0 Å². The SMILES string of the molecule is CC1CC1CN(C)C(=O)NC(C)(C(=O)O)C(F)(F)F. The molecule has 5 nitrogen and oxygen atoms in total. The number of hydrogen-bond acceptors (Lipinski definition) is 2. The molecule has 19 heavy (non-hydrogen) atoms. The molecule has 1 rings (SSSR count). The Kier molecular flexibility index (Phi) is 4.02. The highest BCUT2D eigenvalue weighted by Gasteiger charge is 2.58. The first kappa shape index (κ1) is 15.6. The van der Waals surface area contributed by atoms with Crippen LogP contribution in [0.15, 0.2) is 0 Å². The Labute approximate surface area is 108 Å². The van der Waals surface area contributed by atoms with Crippen LogP contribution in [0.3, 0.4) is 0 Å². The number of halogens is 3. The van der Waals surface area contributed by atoms with E-state index in [9.17, 15) is 22.8 Å². The van der Waals surface area contributed by atoms with Gasteiger partial charge >= 0.3 is 18.2 Å². The Bertz CT molecular complexity index is 386. The third-order valence-electron chi connectivity index (χ3n) is 3.48. The molecule has 1 fully saturated rings. The number of amides is 2. The van der Waals surface area contributed by atoms with Crippen LogP contribution in [0.5, 0.6) is 0 Å². The molecule has 1 aliphatic carbocycles. The van der Waals surface area contributed by atoms with Crippen molar-refractivity contribution < 1.29 is 27.9 Å². The lowest BCUT2D eigenvalue weighted by atomic mass is 10.0. The van der Waals surface area contributed by atoms with Gasteiger partial charge in [-0.2, -0.15) is 13.2 Å². The molecule has 0 spiro atoms. The molecule has 2 amide bonds. The standard InChI is InChI=1S/C11H17F3N2O3/c1-6-4-7(6)5-16(3)9(19)15-10(2,8(17)18)11(12,13)14/h6-7H,4-5H2,1-3H3,(H,15,19)(H,17,18). The Hall–Kier alpha value is -1.47. The Morgan fingerprint density at radius 1 is 1.42 bits per heavy atom. The number of nitrogens with one attached hydrogen (secondary N) is 1. The summed E-state index contributed by atoms with van der Waals surface area (Å²) in [6.07, 6.45) is -4.14. The van der Waals surface area contributed by atoms with Crippen LogP contribution in [0.1, 0.15) is 20.3 Å². The number of carboxylic acid groups (broad SMARTS) is 1. The van der Waals surface area contributed by atoms with Gasteiger partial charge in [-0.05, 0) is 25.2 Å². The predicted molar refractivity (Wildman–Crippen MR) is 60.5 cm³/mol. The molecule has 0 aliphatic heterocycles. The molecule has 110 valence electrons. The van der Waals surface area contributed by atoms with Crippen LogP contribution in [0, 0.1) is 11.8 Å². The molecule has 3 unspecified atom stereocenters. The summed E-state index contributed by atoms with van der Waals surface area (Å²) in [7, 11) is 1.35. The van der Waals surface area contributed by atoms with Gasteiger partial charge in [0.1, 0.15) is 0 Å². The number of urea groups is 1. The zero-order valence-electron chi connectivity index (χ0n) is 10.9. The topological polar surface area (TPSA) is 69.6 Å². The van der Waals surface area contributed by atoms with Gasteiger partial charge in [-0.15, -0.1) is 0 Å². The van der Waals surface area contributed by atoms with Crippen LogP contribution in [0.4, 0.5) is 18.0 Å². The van der Waals surface area contributed by atoms with Crippen molar-refractivity contribution in [2.24, 2.45) is 11.8 Å². The summed E-state index contributed by atoms with van der Waals surface area (Å²) in [5.41, 5.74) is -3.28. The first-order valence-corrected chi connectivity index (χ1v) is 5.82. The van der Waals surface area contributed by atoms with E-state index in [0.29, 0.717) is 19.4 Å². The fourth-order valence-corrected chi connectivity index (χ4v) is 1.64. The van der Waals surface area contributed by atoms with Crippen LogP contribution in [-0.2, 0) is 4.79 Å². The summed E-state index contributed by atoms with van der Waals surface area (Å²) < 4.78 is 38.1. The maximum absolute atomic E-state index is 12.7. The normalized spacial score (nSPS) is 25.4. The summed E-state index contributed by atoms with van der Waals surface area (Å²) in [6, 6.07) is -1.04. The van der Waals surface area contributed by atoms with Gasteiger partial charge in [0.15, 0.2) is 0 Å². The Morgan fingerprint density at radius 3 is 2.21 bits per heavy atom. The maximum atomic E-state index is 12.7. The second kappa shape index (κ2) is 4.90. The lowest BCUT2D eigenvalue weighted by Crippen LogP contribution is -2.63. The number of nitrogens with zero attached hydrogens (tertiary/aromatic N) is 1. The summed E-state index contributed by atoms with van der Waals surface area (Å²) in [4.78, 5) is 23.5. The Morgan fingerprint density at radius 2 is 1.89 bits per heavy atom. The summed E-state index contributed by atoms with van der Waals surface area (Å²) in [5.74, 6) is -1.41. The second-order valence-corrected chi connectivity index (χ2v) is 5.21. The monoisotopic (exact) mass is 282 g/mol. The highest BCUT2D eigenvalue weighted by atomic mass is 19.4. The first-order valence-electron chi connectivity index (χ1n) is 5.82. The average molecular weight is 282 g/mol. The molecule has 2 N–H and O–H groups in total. The molecule has 0 radical (unpaired) electrons. The third-order valence-corrected chi connectivity index (χ3v) is 3.48. The van der Waals surface area contributed by atoms with Gasteiger partial charge in [-0.3, -0.25) is 0 Å². The van der Waals surface area contributed by atoms with E-state index in [-0.39, 0.29) is 5.92 Å². The highest BCUT2D eigenvalue weighted by Crippen LogP contribution is 2.38. The van der Waals surface area contributed by atoms with Gasteiger partial charge in [0, 0.05) is 13.6 Å². The maximum Gasteiger partial charge on any atom is 0.422 e. The van der Waals surface area contributed by atoms with Crippen molar-refractivity contribution in [2.45, 2.75) is 32.0 Å². The molecular formula is C11H17F3N2O3. The van der Waals surface area contributed by atoms with Crippen molar-refractivity contribution >= 4 is 12.0 Å². The van der Waals surface area contributed by atoms with E-state index in [1.54, 1.807) is 5.32 Å². The molecular weight excluding hydrogens is 265 g/mol. The molecule has 8 heteroatoms. The minimum Gasteiger partial charge on any atom is -0.479 e. The smallest absolute Gasteiger partial charge is 0.422 e. The first-order chi connectivity index (χ1) is 8.49. The van der Waals surface area contributed by atoms with Gasteiger partial charge in [0.05, 0.1) is 0 Å². The van der Waals surface area contributed by atoms with E-state index in [0.717, 1.165) is 11.3 Å². The summed E-state index contributed by atoms with van der Waals surface area (Å²) in [5, 5.41) is 10.2. The summed E-state index contributed by atoms with van der Waals surface area (Å²) >= 11 is 0. The lowest BCUT2D eigenvalue weighted by Gasteiger charge is -2.30. The second-order valence-electron chi connectivity index (χ2n) is 5.21. The number of carbonyl (C=O) groups excluding carboxylic acids is 1. The number of carbonyl (C=O) groups is 2. The molecule has 0 heterocycles. The summed E-state index contributed by atoms with van der Waals surface area (Å²) in [6.45, 7) is 2.73. The molecule has 0 saturated heterocycles. The molecule has 0 aromatic heterocycles. The largest absolute Gasteiger partial charge is 0.479 e. The molecule has 3 atom stereocenters. The quantitative estimate of drug-likeness (QED) is 0.824. The number of hydrogen-bond donors (Lipinski definition) is 2. The molecule has 0 bridgehead atoms. The number of aliphatic carboxylic acids is 1. The number of alkyl halides is 3. The van der Waals surface area contributed by atoms with Gasteiger partial charge in [0.25, 0.3) is 0 Å². The molecule has 0 aromatic carbocycles. The van der Waals surface area contributed by atoms with E-state index >= 15 is 0 Å². The van der Waals surface area contributed by atoms with Gasteiger partial charge in [-0.25, -0.2) is 9.59 Å². The Balaban J connectivity index is 2.69. The molecule has 1 aliphatic rings. The van der Waals surface area contributed by atoms with E-state index in [1.807, 2.05) is 6.92 Å². The van der Waals surface area contributed by atoms with Crippen LogP contribution in [0.2, 0.25) is 0 Å². The van der Waals surface area contributed by atoms with E-state index in [2.05, 4.69) is 0 Å². The molecule has 1 saturated carbocycles. The van der Waals surface area contributed by atoms with E-state index in [4.69, 9.17) is 5.11 Å². The fraction of sp³-hybridized carbons (Fsp3) is 0.818. The zero-order chi connectivity index (χ0) is 15.0. The molecule has 0 aromatic rings. The fourth-order valence-electron chi connectivity index (χ4n) is 1.64. The average Bonchev–Trinajstić information content (AvgIpc) is 2.91.